The SMILES string of the molecule is Cc1ccc(CNC(=O)C[C@@H](NC(=O)c2ccccc2)c2ccccc2)cc1. The summed E-state index contributed by atoms with van der Waals surface area (Å²) in [5.74, 6) is -0.302. The van der Waals surface area contributed by atoms with Crippen LogP contribution in [0.1, 0.15) is 39.5 Å². The second-order valence-electron chi connectivity index (χ2n) is 6.77. The molecular weight excluding hydrogens is 348 g/mol. The van der Waals surface area contributed by atoms with Crippen LogP contribution in [0.3, 0.4) is 0 Å². The molecule has 0 bridgehead atoms. The smallest absolute Gasteiger partial charge is 0.251 e. The minimum atomic E-state index is -0.396. The van der Waals surface area contributed by atoms with Gasteiger partial charge in [-0.15, -0.1) is 0 Å². The summed E-state index contributed by atoms with van der Waals surface area (Å²) in [5, 5.41) is 5.93. The van der Waals surface area contributed by atoms with Crippen LogP contribution >= 0.6 is 0 Å². The van der Waals surface area contributed by atoms with Crippen molar-refractivity contribution < 1.29 is 9.59 Å². The Bertz CT molecular complexity index is 906. The Morgan fingerprint density at radius 1 is 0.821 bits per heavy atom. The highest BCUT2D eigenvalue weighted by molar-refractivity contribution is 5.94. The number of carbonyl (C=O) groups is 2. The third-order valence-electron chi connectivity index (χ3n) is 4.54. The van der Waals surface area contributed by atoms with Gasteiger partial charge in [-0.1, -0.05) is 78.4 Å². The van der Waals surface area contributed by atoms with E-state index in [4.69, 9.17) is 0 Å². The normalized spacial score (nSPS) is 11.5. The van der Waals surface area contributed by atoms with Crippen LogP contribution in [-0.4, -0.2) is 11.8 Å². The molecule has 0 saturated heterocycles. The summed E-state index contributed by atoms with van der Waals surface area (Å²) < 4.78 is 0. The number of hydrogen-bond donors (Lipinski definition) is 2. The molecule has 4 heteroatoms. The summed E-state index contributed by atoms with van der Waals surface area (Å²) in [6.07, 6.45) is 0.175. The van der Waals surface area contributed by atoms with Crippen LogP contribution in [-0.2, 0) is 11.3 Å². The molecule has 3 aromatic carbocycles. The molecule has 0 radical (unpaired) electrons. The number of amides is 2. The Morgan fingerprint density at radius 3 is 2.07 bits per heavy atom. The summed E-state index contributed by atoms with van der Waals surface area (Å²) in [7, 11) is 0. The highest BCUT2D eigenvalue weighted by Gasteiger charge is 2.19. The van der Waals surface area contributed by atoms with E-state index in [-0.39, 0.29) is 18.2 Å². The number of carbonyl (C=O) groups excluding carboxylic acids is 2. The predicted octanol–water partition coefficient (Wildman–Crippen LogP) is 4.17. The van der Waals surface area contributed by atoms with E-state index in [0.29, 0.717) is 12.1 Å². The monoisotopic (exact) mass is 372 g/mol. The zero-order valence-electron chi connectivity index (χ0n) is 15.9. The van der Waals surface area contributed by atoms with E-state index in [1.54, 1.807) is 12.1 Å². The van der Waals surface area contributed by atoms with Crippen molar-refractivity contribution in [1.82, 2.24) is 10.6 Å². The molecule has 0 fully saturated rings. The summed E-state index contributed by atoms with van der Waals surface area (Å²) in [4.78, 5) is 25.1. The Balaban J connectivity index is 1.66. The zero-order chi connectivity index (χ0) is 19.8. The molecule has 28 heavy (non-hydrogen) atoms. The quantitative estimate of drug-likeness (QED) is 0.654. The van der Waals surface area contributed by atoms with Crippen LogP contribution in [0, 0.1) is 6.92 Å². The molecule has 0 saturated carbocycles. The average molecular weight is 372 g/mol. The number of benzene rings is 3. The second-order valence-corrected chi connectivity index (χ2v) is 6.77. The molecule has 2 N–H and O–H groups in total. The van der Waals surface area contributed by atoms with E-state index in [9.17, 15) is 9.59 Å². The first-order valence-electron chi connectivity index (χ1n) is 9.35. The van der Waals surface area contributed by atoms with Crippen LogP contribution < -0.4 is 10.6 Å². The van der Waals surface area contributed by atoms with Crippen molar-refractivity contribution in [3.8, 4) is 0 Å². The summed E-state index contributed by atoms with van der Waals surface area (Å²) >= 11 is 0. The van der Waals surface area contributed by atoms with Crippen LogP contribution in [0.4, 0.5) is 0 Å². The van der Waals surface area contributed by atoms with Gasteiger partial charge >= 0.3 is 0 Å². The molecule has 0 aliphatic carbocycles. The number of nitrogens with one attached hydrogen (secondary N) is 2. The fraction of sp³-hybridized carbons (Fsp3) is 0.167. The van der Waals surface area contributed by atoms with E-state index in [0.717, 1.165) is 11.1 Å². The molecule has 2 amide bonds. The summed E-state index contributed by atoms with van der Waals surface area (Å²) in [6.45, 7) is 2.50. The third-order valence-corrected chi connectivity index (χ3v) is 4.54. The first kappa shape index (κ1) is 19.4. The van der Waals surface area contributed by atoms with Gasteiger partial charge in [0.1, 0.15) is 0 Å². The van der Waals surface area contributed by atoms with Gasteiger partial charge < -0.3 is 10.6 Å². The van der Waals surface area contributed by atoms with Crippen LogP contribution in [0.15, 0.2) is 84.9 Å². The van der Waals surface area contributed by atoms with Gasteiger partial charge in [-0.25, -0.2) is 0 Å². The van der Waals surface area contributed by atoms with Crippen molar-refractivity contribution in [2.24, 2.45) is 0 Å². The average Bonchev–Trinajstić information content (AvgIpc) is 2.74. The lowest BCUT2D eigenvalue weighted by Crippen LogP contribution is -2.33. The molecule has 0 aliphatic heterocycles. The largest absolute Gasteiger partial charge is 0.352 e. The van der Waals surface area contributed by atoms with E-state index in [1.165, 1.54) is 5.56 Å². The molecule has 0 spiro atoms. The standard InChI is InChI=1S/C24H24N2O2/c1-18-12-14-19(15-13-18)17-25-23(27)16-22(20-8-4-2-5-9-20)26-24(28)21-10-6-3-7-11-21/h2-15,22H,16-17H2,1H3,(H,25,27)(H,26,28)/t22-/m1/s1. The molecule has 0 heterocycles. The van der Waals surface area contributed by atoms with Crippen molar-refractivity contribution in [3.63, 3.8) is 0 Å². The van der Waals surface area contributed by atoms with E-state index >= 15 is 0 Å². The lowest BCUT2D eigenvalue weighted by atomic mass is 10.0. The maximum absolute atomic E-state index is 12.6. The van der Waals surface area contributed by atoms with Gasteiger partial charge in [0, 0.05) is 12.1 Å². The van der Waals surface area contributed by atoms with Crippen molar-refractivity contribution in [3.05, 3.63) is 107 Å². The fourth-order valence-electron chi connectivity index (χ4n) is 2.93. The zero-order valence-corrected chi connectivity index (χ0v) is 15.9. The third kappa shape index (κ3) is 5.55. The lowest BCUT2D eigenvalue weighted by Gasteiger charge is -2.19. The van der Waals surface area contributed by atoms with Crippen molar-refractivity contribution in [1.29, 1.82) is 0 Å². The van der Waals surface area contributed by atoms with Gasteiger partial charge in [0.25, 0.3) is 5.91 Å². The lowest BCUT2D eigenvalue weighted by molar-refractivity contribution is -0.121. The van der Waals surface area contributed by atoms with Gasteiger partial charge in [-0.05, 0) is 30.2 Å². The van der Waals surface area contributed by atoms with E-state index in [2.05, 4.69) is 10.6 Å². The maximum Gasteiger partial charge on any atom is 0.251 e. The highest BCUT2D eigenvalue weighted by atomic mass is 16.2. The summed E-state index contributed by atoms with van der Waals surface area (Å²) in [6, 6.07) is 26.2. The highest BCUT2D eigenvalue weighted by Crippen LogP contribution is 2.17. The minimum absolute atomic E-state index is 0.109. The van der Waals surface area contributed by atoms with Gasteiger partial charge in [0.15, 0.2) is 0 Å². The first-order chi connectivity index (χ1) is 13.6. The Kier molecular flexibility index (Phi) is 6.58. The van der Waals surface area contributed by atoms with Crippen LogP contribution in [0.25, 0.3) is 0 Å². The Morgan fingerprint density at radius 2 is 1.43 bits per heavy atom. The predicted molar refractivity (Wildman–Crippen MR) is 111 cm³/mol. The van der Waals surface area contributed by atoms with Crippen molar-refractivity contribution in [2.75, 3.05) is 0 Å². The molecule has 1 atom stereocenters. The van der Waals surface area contributed by atoms with Crippen molar-refractivity contribution >= 4 is 11.8 Å². The molecule has 3 rings (SSSR count). The van der Waals surface area contributed by atoms with Gasteiger partial charge in [-0.3, -0.25) is 9.59 Å². The summed E-state index contributed by atoms with van der Waals surface area (Å²) in [5.41, 5.74) is 3.70. The molecule has 4 nitrogen and oxygen atoms in total. The van der Waals surface area contributed by atoms with Gasteiger partial charge in [0.05, 0.1) is 12.5 Å². The molecule has 3 aromatic rings. The van der Waals surface area contributed by atoms with E-state index in [1.807, 2.05) is 79.7 Å². The Labute approximate surface area is 165 Å². The minimum Gasteiger partial charge on any atom is -0.352 e. The fourth-order valence-corrected chi connectivity index (χ4v) is 2.93. The molecular formula is C24H24N2O2. The van der Waals surface area contributed by atoms with Crippen LogP contribution in [0.2, 0.25) is 0 Å². The number of hydrogen-bond acceptors (Lipinski definition) is 2. The number of aryl methyl sites for hydroxylation is 1. The Hall–Kier alpha value is -3.40. The van der Waals surface area contributed by atoms with Crippen LogP contribution in [0.5, 0.6) is 0 Å². The van der Waals surface area contributed by atoms with E-state index < -0.39 is 6.04 Å². The molecule has 0 aromatic heterocycles. The molecule has 0 unspecified atom stereocenters. The molecule has 142 valence electrons. The topological polar surface area (TPSA) is 58.2 Å². The first-order valence-corrected chi connectivity index (χ1v) is 9.35. The van der Waals surface area contributed by atoms with Gasteiger partial charge in [-0.2, -0.15) is 0 Å². The maximum atomic E-state index is 12.6. The second kappa shape index (κ2) is 9.51. The van der Waals surface area contributed by atoms with Crippen molar-refractivity contribution in [2.45, 2.75) is 25.9 Å². The molecule has 0 aliphatic rings. The van der Waals surface area contributed by atoms with Gasteiger partial charge in [0.2, 0.25) is 5.91 Å². The number of rotatable bonds is 7.